The Labute approximate surface area is 133 Å². The van der Waals surface area contributed by atoms with Crippen LogP contribution in [-0.4, -0.2) is 37.0 Å². The van der Waals surface area contributed by atoms with E-state index in [4.69, 9.17) is 4.74 Å². The Kier molecular flexibility index (Phi) is 5.83. The van der Waals surface area contributed by atoms with E-state index in [1.165, 1.54) is 12.8 Å². The number of likely N-dealkylation sites (tertiary alicyclic amines) is 1. The summed E-state index contributed by atoms with van der Waals surface area (Å²) in [6.45, 7) is 8.31. The molecule has 1 fully saturated rings. The molecule has 2 atom stereocenters. The monoisotopic (exact) mass is 304 g/mol. The van der Waals surface area contributed by atoms with Crippen LogP contribution in [0.1, 0.15) is 45.2 Å². The number of nitrogens with zero attached hydrogens (tertiary/aromatic N) is 1. The molecule has 0 spiro atoms. The van der Waals surface area contributed by atoms with Crippen LogP contribution in [0.5, 0.6) is 5.75 Å². The minimum Gasteiger partial charge on any atom is -0.496 e. The molecule has 2 rings (SSSR count). The van der Waals surface area contributed by atoms with Crippen molar-refractivity contribution in [3.8, 4) is 5.75 Å². The van der Waals surface area contributed by atoms with Crippen LogP contribution >= 0.6 is 0 Å². The number of rotatable bonds is 5. The van der Waals surface area contributed by atoms with Gasteiger partial charge in [0, 0.05) is 5.56 Å². The minimum atomic E-state index is -0.0790. The van der Waals surface area contributed by atoms with Gasteiger partial charge in [0.15, 0.2) is 0 Å². The zero-order valence-corrected chi connectivity index (χ0v) is 14.1. The lowest BCUT2D eigenvalue weighted by atomic mass is 9.98. The van der Waals surface area contributed by atoms with Crippen molar-refractivity contribution in [1.82, 2.24) is 10.2 Å². The Morgan fingerprint density at radius 3 is 2.55 bits per heavy atom. The first kappa shape index (κ1) is 16.8. The molecule has 1 aliphatic rings. The van der Waals surface area contributed by atoms with Crippen molar-refractivity contribution in [1.29, 1.82) is 0 Å². The van der Waals surface area contributed by atoms with Crippen LogP contribution in [0.25, 0.3) is 0 Å². The maximum absolute atomic E-state index is 12.5. The molecule has 122 valence electrons. The van der Waals surface area contributed by atoms with Crippen molar-refractivity contribution in [2.24, 2.45) is 5.92 Å². The Bertz CT molecular complexity index is 496. The van der Waals surface area contributed by atoms with E-state index in [1.54, 1.807) is 7.11 Å². The van der Waals surface area contributed by atoms with Crippen molar-refractivity contribution in [2.75, 3.05) is 20.2 Å². The molecular weight excluding hydrogens is 276 g/mol. The first-order valence-electron chi connectivity index (χ1n) is 8.20. The van der Waals surface area contributed by atoms with Crippen LogP contribution in [0.2, 0.25) is 0 Å². The average Bonchev–Trinajstić information content (AvgIpc) is 2.54. The predicted molar refractivity (Wildman–Crippen MR) is 89.0 cm³/mol. The highest BCUT2D eigenvalue weighted by atomic mass is 16.5. The molecule has 1 aromatic carbocycles. The zero-order valence-electron chi connectivity index (χ0n) is 14.1. The summed E-state index contributed by atoms with van der Waals surface area (Å²) < 4.78 is 5.37. The number of methoxy groups -OCH3 is 1. The summed E-state index contributed by atoms with van der Waals surface area (Å²) in [7, 11) is 1.66. The molecular formula is C18H28N2O2. The first-order valence-corrected chi connectivity index (χ1v) is 8.20. The highest BCUT2D eigenvalue weighted by Crippen LogP contribution is 2.25. The normalized spacial score (nSPS) is 19.5. The van der Waals surface area contributed by atoms with Gasteiger partial charge in [-0.1, -0.05) is 25.1 Å². The second-order valence-corrected chi connectivity index (χ2v) is 6.37. The van der Waals surface area contributed by atoms with Gasteiger partial charge in [0.25, 0.3) is 0 Å². The van der Waals surface area contributed by atoms with Gasteiger partial charge in [-0.2, -0.15) is 0 Å². The lowest BCUT2D eigenvalue weighted by Crippen LogP contribution is -2.48. The average molecular weight is 304 g/mol. The predicted octanol–water partition coefficient (Wildman–Crippen LogP) is 2.99. The quantitative estimate of drug-likeness (QED) is 0.909. The molecule has 2 unspecified atom stereocenters. The Balaban J connectivity index is 1.95. The van der Waals surface area contributed by atoms with Crippen LogP contribution < -0.4 is 10.1 Å². The third-order valence-electron chi connectivity index (χ3n) is 4.71. The smallest absolute Gasteiger partial charge is 0.237 e. The van der Waals surface area contributed by atoms with Gasteiger partial charge in [0.2, 0.25) is 5.91 Å². The summed E-state index contributed by atoms with van der Waals surface area (Å²) in [5, 5.41) is 3.12. The number of carbonyl (C=O) groups is 1. The lowest BCUT2D eigenvalue weighted by Gasteiger charge is -2.34. The summed E-state index contributed by atoms with van der Waals surface area (Å²) in [6.07, 6.45) is 2.36. The van der Waals surface area contributed by atoms with E-state index in [-0.39, 0.29) is 18.0 Å². The third-order valence-corrected chi connectivity index (χ3v) is 4.71. The van der Waals surface area contributed by atoms with Crippen molar-refractivity contribution >= 4 is 5.91 Å². The molecule has 22 heavy (non-hydrogen) atoms. The fourth-order valence-electron chi connectivity index (χ4n) is 3.02. The number of hydrogen-bond donors (Lipinski definition) is 1. The van der Waals surface area contributed by atoms with E-state index in [2.05, 4.69) is 17.1 Å². The maximum Gasteiger partial charge on any atom is 0.237 e. The topological polar surface area (TPSA) is 41.6 Å². The van der Waals surface area contributed by atoms with Gasteiger partial charge < -0.3 is 10.1 Å². The van der Waals surface area contributed by atoms with Crippen molar-refractivity contribution < 1.29 is 9.53 Å². The van der Waals surface area contributed by atoms with Gasteiger partial charge in [0.05, 0.1) is 19.2 Å². The second kappa shape index (κ2) is 7.63. The molecule has 1 aliphatic heterocycles. The van der Waals surface area contributed by atoms with Crippen LogP contribution in [0.3, 0.4) is 0 Å². The highest BCUT2D eigenvalue weighted by molar-refractivity contribution is 5.81. The fourth-order valence-corrected chi connectivity index (χ4v) is 3.02. The van der Waals surface area contributed by atoms with Crippen molar-refractivity contribution in [2.45, 2.75) is 45.7 Å². The molecule has 4 heteroatoms. The largest absolute Gasteiger partial charge is 0.496 e. The number of nitrogens with one attached hydrogen (secondary N) is 1. The van der Waals surface area contributed by atoms with Crippen molar-refractivity contribution in [3.05, 3.63) is 29.8 Å². The van der Waals surface area contributed by atoms with E-state index in [0.29, 0.717) is 0 Å². The highest BCUT2D eigenvalue weighted by Gasteiger charge is 2.26. The van der Waals surface area contributed by atoms with E-state index < -0.39 is 0 Å². The van der Waals surface area contributed by atoms with Gasteiger partial charge in [-0.05, 0) is 51.8 Å². The van der Waals surface area contributed by atoms with Gasteiger partial charge >= 0.3 is 0 Å². The number of carbonyl (C=O) groups excluding carboxylic acids is 1. The third kappa shape index (κ3) is 4.01. The second-order valence-electron chi connectivity index (χ2n) is 6.37. The summed E-state index contributed by atoms with van der Waals surface area (Å²) in [5.74, 6) is 1.68. The molecule has 0 bridgehead atoms. The molecule has 1 heterocycles. The number of hydrogen-bond acceptors (Lipinski definition) is 3. The molecule has 0 aliphatic carbocycles. The van der Waals surface area contributed by atoms with E-state index in [1.807, 2.05) is 38.1 Å². The Morgan fingerprint density at radius 1 is 1.27 bits per heavy atom. The van der Waals surface area contributed by atoms with Gasteiger partial charge in [-0.15, -0.1) is 0 Å². The van der Waals surface area contributed by atoms with Crippen LogP contribution in [0, 0.1) is 5.92 Å². The number of amides is 1. The minimum absolute atomic E-state index is 0.0604. The molecule has 0 saturated carbocycles. The molecule has 1 amide bonds. The van der Waals surface area contributed by atoms with Gasteiger partial charge in [0.1, 0.15) is 5.75 Å². The van der Waals surface area contributed by atoms with Crippen LogP contribution in [-0.2, 0) is 4.79 Å². The maximum atomic E-state index is 12.5. The summed E-state index contributed by atoms with van der Waals surface area (Å²) >= 11 is 0. The molecule has 1 saturated heterocycles. The molecule has 1 aromatic rings. The van der Waals surface area contributed by atoms with Crippen LogP contribution in [0.4, 0.5) is 0 Å². The van der Waals surface area contributed by atoms with E-state index >= 15 is 0 Å². The summed E-state index contributed by atoms with van der Waals surface area (Å²) in [4.78, 5) is 14.8. The lowest BCUT2D eigenvalue weighted by molar-refractivity contribution is -0.127. The van der Waals surface area contributed by atoms with E-state index in [9.17, 15) is 4.79 Å². The first-order chi connectivity index (χ1) is 10.5. The number of ether oxygens (including phenoxy) is 1. The molecule has 1 N–H and O–H groups in total. The fraction of sp³-hybridized carbons (Fsp3) is 0.611. The number of benzene rings is 1. The number of para-hydroxylation sites is 1. The molecule has 0 radical (unpaired) electrons. The van der Waals surface area contributed by atoms with Gasteiger partial charge in [-0.3, -0.25) is 9.69 Å². The van der Waals surface area contributed by atoms with Crippen LogP contribution in [0.15, 0.2) is 24.3 Å². The standard InChI is InChI=1S/C18H28N2O2/c1-13-9-11-20(12-10-13)15(3)18(21)19-14(2)16-7-5-6-8-17(16)22-4/h5-8,13-15H,9-12H2,1-4H3,(H,19,21). The molecule has 4 nitrogen and oxygen atoms in total. The van der Waals surface area contributed by atoms with Crippen molar-refractivity contribution in [3.63, 3.8) is 0 Å². The number of piperidine rings is 1. The zero-order chi connectivity index (χ0) is 16.1. The summed E-state index contributed by atoms with van der Waals surface area (Å²) in [5.41, 5.74) is 1.01. The summed E-state index contributed by atoms with van der Waals surface area (Å²) in [6, 6.07) is 7.69. The SMILES string of the molecule is COc1ccccc1C(C)NC(=O)C(C)N1CCC(C)CC1. The Morgan fingerprint density at radius 2 is 1.91 bits per heavy atom. The van der Waals surface area contributed by atoms with Gasteiger partial charge in [-0.25, -0.2) is 0 Å². The van der Waals surface area contributed by atoms with E-state index in [0.717, 1.165) is 30.3 Å². The molecule has 0 aromatic heterocycles. The Hall–Kier alpha value is -1.55.